The summed E-state index contributed by atoms with van der Waals surface area (Å²) in [7, 11) is 1.50. The quantitative estimate of drug-likeness (QED) is 0.626. The van der Waals surface area contributed by atoms with Crippen LogP contribution in [0, 0.1) is 10.1 Å². The molecule has 2 aromatic rings. The number of carbonyl (C=O) groups excluding carboxylic acids is 1. The average Bonchev–Trinajstić information content (AvgIpc) is 2.96. The zero-order chi connectivity index (χ0) is 15.4. The Morgan fingerprint density at radius 1 is 1.48 bits per heavy atom. The molecule has 110 valence electrons. The Balaban J connectivity index is 2.44. The molecule has 0 aromatic carbocycles. The van der Waals surface area contributed by atoms with E-state index in [2.05, 4.69) is 20.7 Å². The van der Waals surface area contributed by atoms with Crippen LogP contribution >= 0.6 is 0 Å². The van der Waals surface area contributed by atoms with Crippen molar-refractivity contribution in [2.45, 2.75) is 6.92 Å². The summed E-state index contributed by atoms with van der Waals surface area (Å²) in [5, 5.41) is 20.4. The van der Waals surface area contributed by atoms with Crippen LogP contribution in [0.5, 0.6) is 0 Å². The minimum absolute atomic E-state index is 0.104. The van der Waals surface area contributed by atoms with Crippen LogP contribution in [0.1, 0.15) is 17.4 Å². The fourth-order valence-corrected chi connectivity index (χ4v) is 1.70. The number of carbonyl (C=O) groups is 1. The van der Waals surface area contributed by atoms with Gasteiger partial charge in [0, 0.05) is 19.8 Å². The number of aromatic nitrogens is 3. The normalized spacial score (nSPS) is 10.2. The first kappa shape index (κ1) is 14.4. The van der Waals surface area contributed by atoms with E-state index >= 15 is 0 Å². The van der Waals surface area contributed by atoms with Gasteiger partial charge in [-0.05, 0) is 13.0 Å². The largest absolute Gasteiger partial charge is 0.370 e. The first-order valence-corrected chi connectivity index (χ1v) is 6.23. The fourth-order valence-electron chi connectivity index (χ4n) is 1.70. The SMILES string of the molecule is CCNc1cc([N+](=O)[O-])cc(-n2ccc(C(=O)NC)n2)n1. The maximum atomic E-state index is 11.5. The van der Waals surface area contributed by atoms with Crippen LogP contribution in [0.3, 0.4) is 0 Å². The second-order valence-electron chi connectivity index (χ2n) is 4.08. The van der Waals surface area contributed by atoms with Gasteiger partial charge < -0.3 is 10.6 Å². The monoisotopic (exact) mass is 290 g/mol. The highest BCUT2D eigenvalue weighted by Crippen LogP contribution is 2.19. The van der Waals surface area contributed by atoms with E-state index < -0.39 is 4.92 Å². The summed E-state index contributed by atoms with van der Waals surface area (Å²) in [6, 6.07) is 4.14. The van der Waals surface area contributed by atoms with E-state index in [1.807, 2.05) is 6.92 Å². The molecule has 0 bridgehead atoms. The van der Waals surface area contributed by atoms with Crippen molar-refractivity contribution in [2.75, 3.05) is 18.9 Å². The van der Waals surface area contributed by atoms with Gasteiger partial charge in [-0.15, -0.1) is 0 Å². The Morgan fingerprint density at radius 2 is 2.24 bits per heavy atom. The Morgan fingerprint density at radius 3 is 2.86 bits per heavy atom. The van der Waals surface area contributed by atoms with E-state index in [0.717, 1.165) is 0 Å². The smallest absolute Gasteiger partial charge is 0.276 e. The van der Waals surface area contributed by atoms with Crippen molar-refractivity contribution in [3.05, 3.63) is 40.2 Å². The second kappa shape index (κ2) is 5.99. The van der Waals surface area contributed by atoms with Gasteiger partial charge >= 0.3 is 0 Å². The van der Waals surface area contributed by atoms with E-state index in [0.29, 0.717) is 12.4 Å². The molecule has 2 aromatic heterocycles. The van der Waals surface area contributed by atoms with Gasteiger partial charge in [-0.25, -0.2) is 9.67 Å². The molecular weight excluding hydrogens is 276 g/mol. The molecule has 0 spiro atoms. The van der Waals surface area contributed by atoms with Crippen molar-refractivity contribution in [1.82, 2.24) is 20.1 Å². The number of hydrogen-bond acceptors (Lipinski definition) is 6. The highest BCUT2D eigenvalue weighted by atomic mass is 16.6. The van der Waals surface area contributed by atoms with Crippen LogP contribution in [0.2, 0.25) is 0 Å². The summed E-state index contributed by atoms with van der Waals surface area (Å²) in [4.78, 5) is 26.2. The minimum atomic E-state index is -0.505. The predicted octanol–water partition coefficient (Wildman–Crippen LogP) is 0.967. The van der Waals surface area contributed by atoms with Gasteiger partial charge in [-0.1, -0.05) is 0 Å². The third-order valence-corrected chi connectivity index (χ3v) is 2.65. The molecule has 2 heterocycles. The van der Waals surface area contributed by atoms with Crippen LogP contribution < -0.4 is 10.6 Å². The maximum Gasteiger partial charge on any atom is 0.276 e. The molecule has 0 unspecified atom stereocenters. The lowest BCUT2D eigenvalue weighted by Crippen LogP contribution is -2.18. The molecule has 9 nitrogen and oxygen atoms in total. The van der Waals surface area contributed by atoms with Gasteiger partial charge in [0.05, 0.1) is 17.1 Å². The molecule has 21 heavy (non-hydrogen) atoms. The molecule has 0 radical (unpaired) electrons. The molecule has 0 fully saturated rings. The zero-order valence-corrected chi connectivity index (χ0v) is 11.5. The van der Waals surface area contributed by atoms with Gasteiger partial charge in [-0.2, -0.15) is 5.10 Å². The Kier molecular flexibility index (Phi) is 4.12. The Bertz CT molecular complexity index is 681. The van der Waals surface area contributed by atoms with Gasteiger partial charge in [0.1, 0.15) is 5.82 Å². The number of nitrogens with one attached hydrogen (secondary N) is 2. The van der Waals surface area contributed by atoms with E-state index in [4.69, 9.17) is 0 Å². The van der Waals surface area contributed by atoms with Crippen LogP contribution in [-0.2, 0) is 0 Å². The number of pyridine rings is 1. The molecule has 0 aliphatic rings. The van der Waals surface area contributed by atoms with Gasteiger partial charge in [0.25, 0.3) is 11.6 Å². The average molecular weight is 290 g/mol. The number of amides is 1. The third kappa shape index (κ3) is 3.14. The lowest BCUT2D eigenvalue weighted by Gasteiger charge is -2.06. The van der Waals surface area contributed by atoms with Crippen molar-refractivity contribution >= 4 is 17.4 Å². The molecule has 2 N–H and O–H groups in total. The van der Waals surface area contributed by atoms with Crippen LogP contribution in [0.15, 0.2) is 24.4 Å². The third-order valence-electron chi connectivity index (χ3n) is 2.65. The summed E-state index contributed by atoms with van der Waals surface area (Å²) in [6.07, 6.45) is 1.52. The highest BCUT2D eigenvalue weighted by Gasteiger charge is 2.14. The van der Waals surface area contributed by atoms with E-state index in [9.17, 15) is 14.9 Å². The second-order valence-corrected chi connectivity index (χ2v) is 4.08. The number of nitro groups is 1. The fraction of sp³-hybridized carbons (Fsp3) is 0.250. The summed E-state index contributed by atoms with van der Waals surface area (Å²) < 4.78 is 1.32. The minimum Gasteiger partial charge on any atom is -0.370 e. The summed E-state index contributed by atoms with van der Waals surface area (Å²) in [5.41, 5.74) is 0.101. The van der Waals surface area contributed by atoms with Crippen molar-refractivity contribution in [3.8, 4) is 5.82 Å². The van der Waals surface area contributed by atoms with E-state index in [1.54, 1.807) is 0 Å². The van der Waals surface area contributed by atoms with Crippen LogP contribution in [0.25, 0.3) is 5.82 Å². The lowest BCUT2D eigenvalue weighted by molar-refractivity contribution is -0.384. The van der Waals surface area contributed by atoms with Crippen molar-refractivity contribution in [1.29, 1.82) is 0 Å². The maximum absolute atomic E-state index is 11.5. The van der Waals surface area contributed by atoms with E-state index in [1.165, 1.54) is 36.1 Å². The Hall–Kier alpha value is -2.97. The molecule has 9 heteroatoms. The summed E-state index contributed by atoms with van der Waals surface area (Å²) in [6.45, 7) is 2.44. The first-order chi connectivity index (χ1) is 10.0. The zero-order valence-electron chi connectivity index (χ0n) is 11.5. The summed E-state index contributed by atoms with van der Waals surface area (Å²) in [5.74, 6) is 0.292. The molecule has 1 amide bonds. The van der Waals surface area contributed by atoms with Gasteiger partial charge in [0.2, 0.25) is 0 Å². The molecule has 2 rings (SSSR count). The number of nitrogens with zero attached hydrogens (tertiary/aromatic N) is 4. The molecule has 0 saturated carbocycles. The van der Waals surface area contributed by atoms with Crippen molar-refractivity contribution in [2.24, 2.45) is 0 Å². The lowest BCUT2D eigenvalue weighted by atomic mass is 10.3. The molecule has 0 aliphatic carbocycles. The van der Waals surface area contributed by atoms with Crippen LogP contribution in [0.4, 0.5) is 11.5 Å². The highest BCUT2D eigenvalue weighted by molar-refractivity contribution is 5.91. The number of anilines is 1. The van der Waals surface area contributed by atoms with Crippen LogP contribution in [-0.4, -0.2) is 39.2 Å². The summed E-state index contributed by atoms with van der Waals surface area (Å²) >= 11 is 0. The predicted molar refractivity (Wildman–Crippen MR) is 75.6 cm³/mol. The Labute approximate surface area is 120 Å². The molecule has 0 saturated heterocycles. The van der Waals surface area contributed by atoms with Crippen molar-refractivity contribution in [3.63, 3.8) is 0 Å². The number of hydrogen-bond donors (Lipinski definition) is 2. The topological polar surface area (TPSA) is 115 Å². The van der Waals surface area contributed by atoms with Gasteiger partial charge in [-0.3, -0.25) is 14.9 Å². The van der Waals surface area contributed by atoms with E-state index in [-0.39, 0.29) is 23.1 Å². The molecule has 0 atom stereocenters. The van der Waals surface area contributed by atoms with Crippen molar-refractivity contribution < 1.29 is 9.72 Å². The molecular formula is C12H14N6O3. The van der Waals surface area contributed by atoms with Gasteiger partial charge in [0.15, 0.2) is 11.5 Å². The number of rotatable bonds is 5. The first-order valence-electron chi connectivity index (χ1n) is 6.23. The standard InChI is InChI=1S/C12H14N6O3/c1-3-14-10-6-8(18(20)21)7-11(15-10)17-5-4-9(16-17)12(19)13-2/h4-7H,3H2,1-2H3,(H,13,19)(H,14,15). The molecule has 0 aliphatic heterocycles.